The number of nitrogens with one attached hydrogen (secondary N) is 2. The van der Waals surface area contributed by atoms with E-state index in [0.29, 0.717) is 0 Å². The molecule has 0 radical (unpaired) electrons. The van der Waals surface area contributed by atoms with Gasteiger partial charge in [0.1, 0.15) is 5.82 Å². The van der Waals surface area contributed by atoms with E-state index in [-0.39, 0.29) is 11.3 Å². The van der Waals surface area contributed by atoms with Crippen molar-refractivity contribution in [2.24, 2.45) is 0 Å². The van der Waals surface area contributed by atoms with Gasteiger partial charge in [-0.2, -0.15) is 0 Å². The lowest BCUT2D eigenvalue weighted by Gasteiger charge is -2.22. The van der Waals surface area contributed by atoms with Gasteiger partial charge in [0.25, 0.3) is 0 Å². The lowest BCUT2D eigenvalue weighted by molar-refractivity contribution is -0.121. The van der Waals surface area contributed by atoms with Crippen molar-refractivity contribution < 1.29 is 19.1 Å². The Balaban J connectivity index is 3.01. The van der Waals surface area contributed by atoms with Crippen LogP contribution in [0.25, 0.3) is 0 Å². The summed E-state index contributed by atoms with van der Waals surface area (Å²) in [5.74, 6) is -2.31. The zero-order chi connectivity index (χ0) is 13.9. The molecule has 3 N–H and O–H groups in total. The van der Waals surface area contributed by atoms with Gasteiger partial charge in [-0.05, 0) is 39.1 Å². The molecule has 0 saturated carbocycles. The number of carboxylic acid groups (broad SMARTS) is 1. The monoisotopic (exact) mass is 254 g/mol. The first-order valence-corrected chi connectivity index (χ1v) is 5.31. The summed E-state index contributed by atoms with van der Waals surface area (Å²) in [4.78, 5) is 22.6. The highest BCUT2D eigenvalue weighted by Crippen LogP contribution is 2.18. The van der Waals surface area contributed by atoms with E-state index in [0.717, 1.165) is 18.2 Å². The summed E-state index contributed by atoms with van der Waals surface area (Å²) >= 11 is 0. The fraction of sp³-hybridized carbons (Fsp3) is 0.333. The average Bonchev–Trinajstić information content (AvgIpc) is 2.31. The van der Waals surface area contributed by atoms with E-state index < -0.39 is 23.2 Å². The number of benzene rings is 1. The molecule has 6 heteroatoms. The van der Waals surface area contributed by atoms with Gasteiger partial charge in [0.15, 0.2) is 0 Å². The number of carboxylic acids is 1. The molecular formula is C12H15FN2O3. The highest BCUT2D eigenvalue weighted by Gasteiger charge is 2.26. The first-order valence-electron chi connectivity index (χ1n) is 5.31. The highest BCUT2D eigenvalue weighted by atomic mass is 19.1. The predicted octanol–water partition coefficient (Wildman–Crippen LogP) is 1.46. The first kappa shape index (κ1) is 14.1. The summed E-state index contributed by atoms with van der Waals surface area (Å²) in [7, 11) is 1.60. The molecule has 0 aliphatic heterocycles. The standard InChI is InChI=1S/C12H15FN2O3/c1-12(2,14-3)11(18)15-9-6-7(10(16)17)4-5-8(9)13/h4-6,14H,1-3H3,(H,15,18)(H,16,17). The third kappa shape index (κ3) is 3.04. The van der Waals surface area contributed by atoms with E-state index in [2.05, 4.69) is 10.6 Å². The van der Waals surface area contributed by atoms with Crippen LogP contribution in [0, 0.1) is 5.82 Å². The van der Waals surface area contributed by atoms with Crippen molar-refractivity contribution in [3.8, 4) is 0 Å². The summed E-state index contributed by atoms with van der Waals surface area (Å²) in [5.41, 5.74) is -1.12. The quantitative estimate of drug-likeness (QED) is 0.760. The third-order valence-electron chi connectivity index (χ3n) is 2.65. The first-order chi connectivity index (χ1) is 8.27. The topological polar surface area (TPSA) is 78.4 Å². The molecule has 1 rings (SSSR count). The number of rotatable bonds is 4. The molecule has 18 heavy (non-hydrogen) atoms. The van der Waals surface area contributed by atoms with Gasteiger partial charge in [-0.1, -0.05) is 0 Å². The maximum absolute atomic E-state index is 13.5. The molecule has 1 aromatic carbocycles. The van der Waals surface area contributed by atoms with E-state index in [4.69, 9.17) is 5.11 Å². The number of likely N-dealkylation sites (N-methyl/N-ethyl adjacent to an activating group) is 1. The van der Waals surface area contributed by atoms with E-state index in [1.54, 1.807) is 20.9 Å². The predicted molar refractivity (Wildman–Crippen MR) is 65.1 cm³/mol. The van der Waals surface area contributed by atoms with Gasteiger partial charge in [-0.15, -0.1) is 0 Å². The largest absolute Gasteiger partial charge is 0.478 e. The van der Waals surface area contributed by atoms with Crippen LogP contribution in [-0.4, -0.2) is 29.6 Å². The number of halogens is 1. The molecule has 1 aromatic rings. The average molecular weight is 254 g/mol. The van der Waals surface area contributed by atoms with Crippen molar-refractivity contribution in [1.82, 2.24) is 5.32 Å². The molecule has 0 heterocycles. The van der Waals surface area contributed by atoms with Gasteiger partial charge in [-0.25, -0.2) is 9.18 Å². The number of hydrogen-bond donors (Lipinski definition) is 3. The molecule has 0 aromatic heterocycles. The third-order valence-corrected chi connectivity index (χ3v) is 2.65. The van der Waals surface area contributed by atoms with Gasteiger partial charge < -0.3 is 15.7 Å². The molecule has 1 amide bonds. The van der Waals surface area contributed by atoms with Crippen molar-refractivity contribution in [2.45, 2.75) is 19.4 Å². The minimum atomic E-state index is -1.18. The van der Waals surface area contributed by atoms with Crippen molar-refractivity contribution in [1.29, 1.82) is 0 Å². The zero-order valence-electron chi connectivity index (χ0n) is 10.4. The molecule has 0 spiro atoms. The molecule has 0 atom stereocenters. The van der Waals surface area contributed by atoms with Gasteiger partial charge in [0.05, 0.1) is 16.8 Å². The Morgan fingerprint density at radius 3 is 2.44 bits per heavy atom. The van der Waals surface area contributed by atoms with E-state index in [1.807, 2.05) is 0 Å². The molecule has 0 aliphatic carbocycles. The van der Waals surface area contributed by atoms with Crippen molar-refractivity contribution in [3.05, 3.63) is 29.6 Å². The molecule has 0 aliphatic rings. The SMILES string of the molecule is CNC(C)(C)C(=O)Nc1cc(C(=O)O)ccc1F. The number of anilines is 1. The van der Waals surface area contributed by atoms with Crippen LogP contribution in [0.2, 0.25) is 0 Å². The Morgan fingerprint density at radius 2 is 1.94 bits per heavy atom. The Labute approximate surface area is 104 Å². The summed E-state index contributed by atoms with van der Waals surface area (Å²) in [5, 5.41) is 13.9. The lowest BCUT2D eigenvalue weighted by atomic mass is 10.0. The number of carbonyl (C=O) groups excluding carboxylic acids is 1. The van der Waals surface area contributed by atoms with Crippen LogP contribution in [0.5, 0.6) is 0 Å². The second-order valence-corrected chi connectivity index (χ2v) is 4.33. The van der Waals surface area contributed by atoms with E-state index in [9.17, 15) is 14.0 Å². The van der Waals surface area contributed by atoms with Crippen LogP contribution in [0.15, 0.2) is 18.2 Å². The van der Waals surface area contributed by atoms with Crippen molar-refractivity contribution in [3.63, 3.8) is 0 Å². The lowest BCUT2D eigenvalue weighted by Crippen LogP contribution is -2.48. The molecule has 0 unspecified atom stereocenters. The number of aromatic carboxylic acids is 1. The Bertz CT molecular complexity index is 486. The van der Waals surface area contributed by atoms with Crippen LogP contribution >= 0.6 is 0 Å². The summed E-state index contributed by atoms with van der Waals surface area (Å²) in [6, 6.07) is 3.23. The van der Waals surface area contributed by atoms with E-state index in [1.165, 1.54) is 0 Å². The molecule has 0 fully saturated rings. The minimum absolute atomic E-state index is 0.0889. The molecular weight excluding hydrogens is 239 g/mol. The van der Waals surface area contributed by atoms with Crippen LogP contribution in [0.3, 0.4) is 0 Å². The van der Waals surface area contributed by atoms with Crippen molar-refractivity contribution in [2.75, 3.05) is 12.4 Å². The fourth-order valence-corrected chi connectivity index (χ4v) is 1.15. The maximum Gasteiger partial charge on any atom is 0.335 e. The fourth-order valence-electron chi connectivity index (χ4n) is 1.15. The zero-order valence-corrected chi connectivity index (χ0v) is 10.4. The van der Waals surface area contributed by atoms with Crippen LogP contribution in [0.4, 0.5) is 10.1 Å². The van der Waals surface area contributed by atoms with Gasteiger partial charge in [0, 0.05) is 0 Å². The van der Waals surface area contributed by atoms with Gasteiger partial charge >= 0.3 is 5.97 Å². The van der Waals surface area contributed by atoms with Crippen molar-refractivity contribution >= 4 is 17.6 Å². The van der Waals surface area contributed by atoms with Crippen LogP contribution in [-0.2, 0) is 4.79 Å². The molecule has 0 bridgehead atoms. The maximum atomic E-state index is 13.5. The van der Waals surface area contributed by atoms with Crippen LogP contribution in [0.1, 0.15) is 24.2 Å². The van der Waals surface area contributed by atoms with Crippen LogP contribution < -0.4 is 10.6 Å². The molecule has 98 valence electrons. The smallest absolute Gasteiger partial charge is 0.335 e. The second-order valence-electron chi connectivity index (χ2n) is 4.33. The second kappa shape index (κ2) is 5.14. The normalized spacial score (nSPS) is 11.1. The summed E-state index contributed by atoms with van der Waals surface area (Å²) in [6.45, 7) is 3.25. The number of amides is 1. The van der Waals surface area contributed by atoms with Gasteiger partial charge in [-0.3, -0.25) is 4.79 Å². The number of hydrogen-bond acceptors (Lipinski definition) is 3. The minimum Gasteiger partial charge on any atom is -0.478 e. The molecule has 5 nitrogen and oxygen atoms in total. The summed E-state index contributed by atoms with van der Waals surface area (Å²) in [6.07, 6.45) is 0. The molecule has 0 saturated heterocycles. The number of carbonyl (C=O) groups is 2. The summed E-state index contributed by atoms with van der Waals surface area (Å²) < 4.78 is 13.5. The Kier molecular flexibility index (Phi) is 4.03. The highest BCUT2D eigenvalue weighted by molar-refractivity contribution is 5.98. The van der Waals surface area contributed by atoms with Gasteiger partial charge in [0.2, 0.25) is 5.91 Å². The van der Waals surface area contributed by atoms with E-state index >= 15 is 0 Å². The Morgan fingerprint density at radius 1 is 1.33 bits per heavy atom. The Hall–Kier alpha value is -1.95.